The van der Waals surface area contributed by atoms with Crippen LogP contribution in [0.25, 0.3) is 0 Å². The molecule has 0 bridgehead atoms. The smallest absolute Gasteiger partial charge is 0.251 e. The Labute approximate surface area is 160 Å². The number of carbonyl (C=O) groups excluding carboxylic acids is 1. The summed E-state index contributed by atoms with van der Waals surface area (Å²) in [5.74, 6) is -0.663. The summed E-state index contributed by atoms with van der Waals surface area (Å²) >= 11 is 0. The lowest BCUT2D eigenvalue weighted by Crippen LogP contribution is -2.37. The fraction of sp³-hybridized carbons (Fsp3) is 0.350. The van der Waals surface area contributed by atoms with E-state index in [9.17, 15) is 17.6 Å². The van der Waals surface area contributed by atoms with Crippen LogP contribution >= 0.6 is 0 Å². The minimum atomic E-state index is -3.60. The molecule has 0 aromatic heterocycles. The maximum Gasteiger partial charge on any atom is 0.251 e. The monoisotopic (exact) mass is 392 g/mol. The molecule has 0 spiro atoms. The summed E-state index contributed by atoms with van der Waals surface area (Å²) in [4.78, 5) is 12.5. The van der Waals surface area contributed by atoms with E-state index in [1.54, 1.807) is 32.0 Å². The Hall–Kier alpha value is -2.25. The molecule has 2 aromatic carbocycles. The van der Waals surface area contributed by atoms with Gasteiger partial charge in [-0.15, -0.1) is 0 Å². The third-order valence-electron chi connectivity index (χ3n) is 4.11. The van der Waals surface area contributed by atoms with Crippen molar-refractivity contribution in [1.82, 2.24) is 10.0 Å². The maximum atomic E-state index is 14.0. The Kier molecular flexibility index (Phi) is 6.38. The average Bonchev–Trinajstić information content (AvgIpc) is 2.59. The number of nitrogens with one attached hydrogen (secondary N) is 2. The predicted molar refractivity (Wildman–Crippen MR) is 104 cm³/mol. The normalized spacial score (nSPS) is 12.2. The molecule has 0 saturated heterocycles. The lowest BCUT2D eigenvalue weighted by atomic mass is 9.84. The molecule has 0 atom stereocenters. The lowest BCUT2D eigenvalue weighted by Gasteiger charge is -2.26. The van der Waals surface area contributed by atoms with Crippen LogP contribution in [0.15, 0.2) is 53.4 Å². The van der Waals surface area contributed by atoms with Gasteiger partial charge in [0, 0.05) is 23.6 Å². The number of hydrogen-bond acceptors (Lipinski definition) is 3. The van der Waals surface area contributed by atoms with Crippen molar-refractivity contribution >= 4 is 15.9 Å². The molecule has 7 heteroatoms. The summed E-state index contributed by atoms with van der Waals surface area (Å²) in [6.45, 7) is 7.40. The molecule has 0 saturated carbocycles. The quantitative estimate of drug-likeness (QED) is 0.760. The van der Waals surface area contributed by atoms with E-state index < -0.39 is 15.4 Å². The summed E-state index contributed by atoms with van der Waals surface area (Å²) < 4.78 is 40.7. The Morgan fingerprint density at radius 2 is 1.67 bits per heavy atom. The zero-order chi connectivity index (χ0) is 20.2. The molecule has 1 amide bonds. The standard InChI is InChI=1S/C20H25FN2O3S/c1-14(2)23-27(25,26)16-11-9-15(10-12-16)19(24)22-13-20(3,4)17-7-5-6-8-18(17)21/h5-12,14,23H,13H2,1-4H3,(H,22,24). The molecule has 0 heterocycles. The Balaban J connectivity index is 2.07. The minimum absolute atomic E-state index is 0.0967. The lowest BCUT2D eigenvalue weighted by molar-refractivity contribution is 0.0945. The number of halogens is 1. The SMILES string of the molecule is CC(C)NS(=O)(=O)c1ccc(C(=O)NCC(C)(C)c2ccccc2F)cc1. The van der Waals surface area contributed by atoms with Crippen LogP contribution in [0.5, 0.6) is 0 Å². The van der Waals surface area contributed by atoms with Gasteiger partial charge in [0.2, 0.25) is 10.0 Å². The van der Waals surface area contributed by atoms with Gasteiger partial charge >= 0.3 is 0 Å². The number of amides is 1. The summed E-state index contributed by atoms with van der Waals surface area (Å²) in [6.07, 6.45) is 0. The van der Waals surface area contributed by atoms with Gasteiger partial charge in [-0.05, 0) is 49.7 Å². The van der Waals surface area contributed by atoms with Crippen LogP contribution in [0.2, 0.25) is 0 Å². The molecular formula is C20H25FN2O3S. The van der Waals surface area contributed by atoms with E-state index in [4.69, 9.17) is 0 Å². The fourth-order valence-electron chi connectivity index (χ4n) is 2.67. The Morgan fingerprint density at radius 3 is 2.22 bits per heavy atom. The van der Waals surface area contributed by atoms with Crippen molar-refractivity contribution in [2.45, 2.75) is 44.0 Å². The first-order valence-electron chi connectivity index (χ1n) is 8.68. The number of rotatable bonds is 7. The first kappa shape index (κ1) is 21.1. The van der Waals surface area contributed by atoms with Crippen LogP contribution in [0, 0.1) is 5.82 Å². The van der Waals surface area contributed by atoms with Crippen molar-refractivity contribution in [2.75, 3.05) is 6.54 Å². The molecule has 146 valence electrons. The zero-order valence-corrected chi connectivity index (χ0v) is 16.7. The van der Waals surface area contributed by atoms with E-state index in [2.05, 4.69) is 10.0 Å². The van der Waals surface area contributed by atoms with E-state index in [1.165, 1.54) is 30.3 Å². The zero-order valence-electron chi connectivity index (χ0n) is 15.9. The first-order valence-corrected chi connectivity index (χ1v) is 10.2. The number of hydrogen-bond donors (Lipinski definition) is 2. The summed E-state index contributed by atoms with van der Waals surface area (Å²) in [6, 6.07) is 11.9. The van der Waals surface area contributed by atoms with Crippen LogP contribution in [-0.4, -0.2) is 26.9 Å². The Bertz CT molecular complexity index is 907. The number of benzene rings is 2. The summed E-state index contributed by atoms with van der Waals surface area (Å²) in [5.41, 5.74) is 0.264. The van der Waals surface area contributed by atoms with Gasteiger partial charge < -0.3 is 5.32 Å². The van der Waals surface area contributed by atoms with Gasteiger partial charge in [0.1, 0.15) is 5.82 Å². The van der Waals surface area contributed by atoms with Gasteiger partial charge in [0.25, 0.3) is 5.91 Å². The Morgan fingerprint density at radius 1 is 1.07 bits per heavy atom. The van der Waals surface area contributed by atoms with Gasteiger partial charge in [0.05, 0.1) is 4.90 Å². The van der Waals surface area contributed by atoms with Crippen molar-refractivity contribution in [3.05, 3.63) is 65.5 Å². The summed E-state index contributed by atoms with van der Waals surface area (Å²) in [5, 5.41) is 2.78. The molecular weight excluding hydrogens is 367 g/mol. The second-order valence-electron chi connectivity index (χ2n) is 7.35. The third kappa shape index (κ3) is 5.37. The number of sulfonamides is 1. The van der Waals surface area contributed by atoms with E-state index in [1.807, 2.05) is 13.8 Å². The predicted octanol–water partition coefficient (Wildman–Crippen LogP) is 3.22. The molecule has 0 aliphatic carbocycles. The molecule has 0 aliphatic rings. The molecule has 0 fully saturated rings. The molecule has 0 aliphatic heterocycles. The van der Waals surface area contributed by atoms with Crippen LogP contribution < -0.4 is 10.0 Å². The molecule has 2 rings (SSSR count). The van der Waals surface area contributed by atoms with Crippen LogP contribution in [0.3, 0.4) is 0 Å². The van der Waals surface area contributed by atoms with Crippen molar-refractivity contribution in [3.8, 4) is 0 Å². The van der Waals surface area contributed by atoms with E-state index in [0.29, 0.717) is 11.1 Å². The van der Waals surface area contributed by atoms with Crippen molar-refractivity contribution in [2.24, 2.45) is 0 Å². The second-order valence-corrected chi connectivity index (χ2v) is 9.06. The van der Waals surface area contributed by atoms with E-state index in [0.717, 1.165) is 0 Å². The second kappa shape index (κ2) is 8.19. The molecule has 27 heavy (non-hydrogen) atoms. The van der Waals surface area contributed by atoms with E-state index in [-0.39, 0.29) is 29.2 Å². The van der Waals surface area contributed by atoms with Gasteiger partial charge in [-0.3, -0.25) is 4.79 Å². The van der Waals surface area contributed by atoms with Crippen LogP contribution in [-0.2, 0) is 15.4 Å². The van der Waals surface area contributed by atoms with Crippen LogP contribution in [0.1, 0.15) is 43.6 Å². The topological polar surface area (TPSA) is 75.3 Å². The van der Waals surface area contributed by atoms with E-state index >= 15 is 0 Å². The molecule has 2 N–H and O–H groups in total. The largest absolute Gasteiger partial charge is 0.351 e. The fourth-order valence-corrected chi connectivity index (χ4v) is 3.92. The van der Waals surface area contributed by atoms with Crippen molar-refractivity contribution in [1.29, 1.82) is 0 Å². The highest BCUT2D eigenvalue weighted by atomic mass is 32.2. The minimum Gasteiger partial charge on any atom is -0.351 e. The highest BCUT2D eigenvalue weighted by molar-refractivity contribution is 7.89. The van der Waals surface area contributed by atoms with Gasteiger partial charge in [0.15, 0.2) is 0 Å². The van der Waals surface area contributed by atoms with Crippen molar-refractivity contribution < 1.29 is 17.6 Å². The highest BCUT2D eigenvalue weighted by Crippen LogP contribution is 2.25. The third-order valence-corrected chi connectivity index (χ3v) is 5.79. The maximum absolute atomic E-state index is 14.0. The summed E-state index contributed by atoms with van der Waals surface area (Å²) in [7, 11) is -3.60. The van der Waals surface area contributed by atoms with Gasteiger partial charge in [-0.1, -0.05) is 32.0 Å². The molecule has 2 aromatic rings. The van der Waals surface area contributed by atoms with Crippen molar-refractivity contribution in [3.63, 3.8) is 0 Å². The average molecular weight is 392 g/mol. The highest BCUT2D eigenvalue weighted by Gasteiger charge is 2.25. The molecule has 0 radical (unpaired) electrons. The molecule has 0 unspecified atom stereocenters. The van der Waals surface area contributed by atoms with Gasteiger partial charge in [-0.2, -0.15) is 0 Å². The number of carbonyl (C=O) groups is 1. The van der Waals surface area contributed by atoms with Crippen LogP contribution in [0.4, 0.5) is 4.39 Å². The first-order chi connectivity index (χ1) is 12.5. The molecule has 5 nitrogen and oxygen atoms in total. The van der Waals surface area contributed by atoms with Gasteiger partial charge in [-0.25, -0.2) is 17.5 Å².